The number of rotatable bonds is 19. The van der Waals surface area contributed by atoms with Gasteiger partial charge in [0.15, 0.2) is 17.5 Å². The number of hydrogen-bond acceptors (Lipinski definition) is 20. The number of amides is 7. The van der Waals surface area contributed by atoms with Crippen molar-refractivity contribution in [1.82, 2.24) is 37.2 Å². The van der Waals surface area contributed by atoms with Crippen LogP contribution in [0.3, 0.4) is 0 Å². The average molecular weight is 1500 g/mol. The van der Waals surface area contributed by atoms with E-state index in [1.165, 1.54) is 36.4 Å². The maximum absolute atomic E-state index is 16.0. The topological polar surface area (TPSA) is 415 Å². The number of phenolic OH excluding ortho intramolecular Hbond substituents is 4. The summed E-state index contributed by atoms with van der Waals surface area (Å²) in [5.41, 5.74) is 1.79. The highest BCUT2D eigenvalue weighted by Gasteiger charge is 2.41. The summed E-state index contributed by atoms with van der Waals surface area (Å²) >= 11 is 13.8. The molecule has 7 amide bonds. The van der Waals surface area contributed by atoms with Gasteiger partial charge >= 0.3 is 30.2 Å². The van der Waals surface area contributed by atoms with Crippen LogP contribution in [0.1, 0.15) is 115 Å². The van der Waals surface area contributed by atoms with E-state index in [-0.39, 0.29) is 100 Å². The van der Waals surface area contributed by atoms with E-state index in [0.717, 1.165) is 71.8 Å². The summed E-state index contributed by atoms with van der Waals surface area (Å²) in [5, 5.41) is 86.4. The van der Waals surface area contributed by atoms with Gasteiger partial charge in [0, 0.05) is 41.6 Å². The SMILES string of the molecule is COC(=O)[C@H]1NC(=O)[C@H]2NC(=O)[C@H](NC(=O)[C@H](NC(=O)[C@H](CCCCNC(=O)OC(C)(C)C)NC(=O)OCC3c4ccccc4-c4ccccc43)c3cc(Oc4ccc(C[C@@H](NC(=O)OCc5ccccc5)C(=O)O)cc4Cl)c(O)c(c3)Oc3ccc(cc3Cl)[C@H]2O)c2ccc(O)c(c2)-c2c(O)cc(O)cc21. The number of benzene rings is 8. The number of carbonyl (C=O) groups excluding carboxylic acids is 8. The van der Waals surface area contributed by atoms with E-state index < -0.39 is 148 Å². The number of ether oxygens (including phenoxy) is 6. The number of aliphatic carboxylic acids is 1. The first-order valence-corrected chi connectivity index (χ1v) is 34.3. The Balaban J connectivity index is 1.01. The first-order chi connectivity index (χ1) is 51.1. The third-order valence-electron chi connectivity index (χ3n) is 17.7. The molecule has 8 aromatic rings. The standard InChI is InChI=1S/C77H73Cl2N7O21/c1-77(2,3)107-74(99)80-27-13-12-20-53(81-75(100)104-37-50-46-18-10-8-16-44(46)45-17-9-11-19-47(45)50)68(92)83-63-42-32-59(105-57-25-21-39(28-51(57)78)29-54(72(96)97)82-76(101)103-36-38-14-6-5-7-15-38)67(91)60(33-42)106-58-26-23-41(31-52(58)79)66(90)65-71(95)85-64(73(98)102-4)49-34-43(87)35-56(89)61(49)48-30-40(22-24-55(48)88)62(69(93)86-65)84-70(63)94/h5-11,14-19,21-26,28,30-35,50,53-54,62-66,87-91H,12-13,20,27,29,36-37H2,1-4H3,(H,80,99)(H,81,100)(H,82,101)(H,83,92)(H,84,94)(H,85,95)(H,86,93)(H,96,97)/t53-,54+,62+,63+,64-,65-,66+/m0/s1. The van der Waals surface area contributed by atoms with Crippen LogP contribution in [0.2, 0.25) is 10.0 Å². The summed E-state index contributed by atoms with van der Waals surface area (Å²) in [5.74, 6) is -12.5. The Morgan fingerprint density at radius 3 is 1.97 bits per heavy atom. The number of alkyl carbamates (subject to hydrolysis) is 3. The van der Waals surface area contributed by atoms with Crippen molar-refractivity contribution in [2.45, 2.75) is 107 Å². The molecule has 0 spiro atoms. The summed E-state index contributed by atoms with van der Waals surface area (Å²) in [4.78, 5) is 128. The second kappa shape index (κ2) is 32.8. The zero-order chi connectivity index (χ0) is 76.5. The molecule has 3 aliphatic heterocycles. The smallest absolute Gasteiger partial charge is 0.408 e. The van der Waals surface area contributed by atoms with Gasteiger partial charge in [-0.2, -0.15) is 0 Å². The molecule has 0 saturated carbocycles. The van der Waals surface area contributed by atoms with Crippen LogP contribution >= 0.6 is 23.2 Å². The molecule has 28 nitrogen and oxygen atoms in total. The van der Waals surface area contributed by atoms with E-state index in [0.29, 0.717) is 5.56 Å². The highest BCUT2D eigenvalue weighted by atomic mass is 35.5. The zero-order valence-electron chi connectivity index (χ0n) is 57.6. The van der Waals surface area contributed by atoms with Gasteiger partial charge in [0.2, 0.25) is 29.4 Å². The predicted octanol–water partition coefficient (Wildman–Crippen LogP) is 10.5. The highest BCUT2D eigenvalue weighted by Crippen LogP contribution is 2.49. The molecule has 0 saturated heterocycles. The van der Waals surface area contributed by atoms with E-state index >= 15 is 14.4 Å². The lowest BCUT2D eigenvalue weighted by Gasteiger charge is -2.31. The number of nitrogens with one attached hydrogen (secondary N) is 7. The first-order valence-electron chi connectivity index (χ1n) is 33.6. The minimum atomic E-state index is -2.16. The van der Waals surface area contributed by atoms with Crippen molar-refractivity contribution >= 4 is 77.0 Å². The van der Waals surface area contributed by atoms with Crippen molar-refractivity contribution in [1.29, 1.82) is 0 Å². The normalized spacial score (nSPS) is 17.2. The largest absolute Gasteiger partial charge is 0.508 e. The molecule has 0 unspecified atom stereocenters. The molecular weight excluding hydrogens is 1430 g/mol. The van der Waals surface area contributed by atoms with Crippen LogP contribution in [0.15, 0.2) is 158 Å². The predicted molar refractivity (Wildman–Crippen MR) is 385 cm³/mol. The monoisotopic (exact) mass is 1500 g/mol. The van der Waals surface area contributed by atoms with Crippen LogP contribution in [-0.2, 0) is 60.7 Å². The van der Waals surface area contributed by atoms with Gasteiger partial charge < -0.3 is 96.3 Å². The molecule has 8 aromatic carbocycles. The molecule has 4 aliphatic rings. The maximum atomic E-state index is 16.0. The van der Waals surface area contributed by atoms with E-state index in [1.807, 2.05) is 48.5 Å². The van der Waals surface area contributed by atoms with Crippen LogP contribution in [0.5, 0.6) is 46.0 Å². The molecule has 1 aliphatic carbocycles. The van der Waals surface area contributed by atoms with Crippen molar-refractivity contribution in [3.8, 4) is 68.2 Å². The molecule has 12 rings (SSSR count). The highest BCUT2D eigenvalue weighted by molar-refractivity contribution is 6.32. The van der Waals surface area contributed by atoms with E-state index in [2.05, 4.69) is 37.2 Å². The number of aromatic hydroxyl groups is 4. The van der Waals surface area contributed by atoms with Crippen molar-refractivity contribution in [3.05, 3.63) is 212 Å². The molecule has 107 heavy (non-hydrogen) atoms. The molecule has 0 radical (unpaired) electrons. The fourth-order valence-corrected chi connectivity index (χ4v) is 13.0. The second-order valence-corrected chi connectivity index (χ2v) is 27.1. The molecule has 3 heterocycles. The fraction of sp³-hybridized carbons (Fsp3) is 0.260. The van der Waals surface area contributed by atoms with Crippen molar-refractivity contribution in [3.63, 3.8) is 0 Å². The number of carboxylic acid groups (broad SMARTS) is 1. The third kappa shape index (κ3) is 17.9. The number of halogens is 2. The van der Waals surface area contributed by atoms with Crippen LogP contribution in [-0.4, -0.2) is 128 Å². The number of phenols is 4. The number of hydrogen-bond donors (Lipinski definition) is 13. The average Bonchev–Trinajstić information content (AvgIpc) is 1.76. The zero-order valence-corrected chi connectivity index (χ0v) is 59.2. The minimum absolute atomic E-state index is 0.0331. The number of fused-ring (bicyclic) bond motifs is 11. The Morgan fingerprint density at radius 1 is 0.607 bits per heavy atom. The van der Waals surface area contributed by atoms with Gasteiger partial charge in [-0.15, -0.1) is 0 Å². The quantitative estimate of drug-likeness (QED) is 0.0203. The minimum Gasteiger partial charge on any atom is -0.508 e. The molecule has 7 atom stereocenters. The number of unbranched alkanes of at least 4 members (excludes halogenated alkanes) is 1. The molecule has 8 bridgehead atoms. The van der Waals surface area contributed by atoms with Gasteiger partial charge in [0.05, 0.1) is 17.2 Å². The molecule has 13 N–H and O–H groups in total. The Morgan fingerprint density at radius 2 is 1.29 bits per heavy atom. The maximum Gasteiger partial charge on any atom is 0.408 e. The van der Waals surface area contributed by atoms with Crippen LogP contribution in [0.25, 0.3) is 22.3 Å². The van der Waals surface area contributed by atoms with Crippen LogP contribution in [0.4, 0.5) is 14.4 Å². The summed E-state index contributed by atoms with van der Waals surface area (Å²) in [7, 11) is 0.968. The summed E-state index contributed by atoms with van der Waals surface area (Å²) < 4.78 is 34.3. The van der Waals surface area contributed by atoms with E-state index in [1.54, 1.807) is 51.1 Å². The van der Waals surface area contributed by atoms with E-state index in [9.17, 15) is 59.4 Å². The Bertz CT molecular complexity index is 4740. The van der Waals surface area contributed by atoms with Crippen molar-refractivity contribution in [2.75, 3.05) is 20.3 Å². The molecule has 0 aromatic heterocycles. The number of esters is 1. The van der Waals surface area contributed by atoms with Gasteiger partial charge in [0.25, 0.3) is 0 Å². The van der Waals surface area contributed by atoms with Gasteiger partial charge in [-0.05, 0) is 145 Å². The lowest BCUT2D eigenvalue weighted by Crippen LogP contribution is -2.55. The van der Waals surface area contributed by atoms with Gasteiger partial charge in [-0.1, -0.05) is 120 Å². The first kappa shape index (κ1) is 75.9. The number of methoxy groups -OCH3 is 1. The van der Waals surface area contributed by atoms with Crippen LogP contribution < -0.4 is 46.7 Å². The van der Waals surface area contributed by atoms with Crippen molar-refractivity contribution < 1.29 is 102 Å². The lowest BCUT2D eigenvalue weighted by atomic mass is 9.89. The molecule has 0 fully saturated rings. The number of carbonyl (C=O) groups is 9. The third-order valence-corrected chi connectivity index (χ3v) is 18.3. The Hall–Kier alpha value is -12.3. The molecule has 30 heteroatoms. The van der Waals surface area contributed by atoms with Crippen molar-refractivity contribution in [2.24, 2.45) is 0 Å². The summed E-state index contributed by atoms with van der Waals surface area (Å²) in [6.07, 6.45) is -5.20. The van der Waals surface area contributed by atoms with Crippen LogP contribution in [0, 0.1) is 0 Å². The van der Waals surface area contributed by atoms with Gasteiger partial charge in [-0.25, -0.2) is 24.0 Å². The summed E-state index contributed by atoms with van der Waals surface area (Å²) in [6.45, 7) is 4.72. The number of carboxylic acids is 1. The van der Waals surface area contributed by atoms with Gasteiger partial charge in [0.1, 0.15) is 83.9 Å². The lowest BCUT2D eigenvalue weighted by molar-refractivity contribution is -0.146. The summed E-state index contributed by atoms with van der Waals surface area (Å²) in [6, 6.07) is 27.3. The van der Waals surface area contributed by atoms with E-state index in [4.69, 9.17) is 51.6 Å². The fourth-order valence-electron chi connectivity index (χ4n) is 12.6. The van der Waals surface area contributed by atoms with Gasteiger partial charge in [-0.3, -0.25) is 19.2 Å². The molecular formula is C77H73Cl2N7O21. The molecule has 556 valence electrons. The number of aliphatic hydroxyl groups excluding tert-OH is 1. The second-order valence-electron chi connectivity index (χ2n) is 26.3. The number of aliphatic hydroxyl groups is 1. The Labute approximate surface area is 621 Å². The Kier molecular flexibility index (Phi) is 23.3.